The molecule has 3 aromatic carbocycles. The first kappa shape index (κ1) is 39.7. The fourth-order valence-electron chi connectivity index (χ4n) is 8.82. The van der Waals surface area contributed by atoms with Gasteiger partial charge in [-0.2, -0.15) is 0 Å². The van der Waals surface area contributed by atoms with E-state index in [0.29, 0.717) is 36.8 Å². The lowest BCUT2D eigenvalue weighted by molar-refractivity contribution is -0.946. The van der Waals surface area contributed by atoms with E-state index in [0.717, 1.165) is 54.6 Å². The van der Waals surface area contributed by atoms with Crippen LogP contribution in [0.15, 0.2) is 72.8 Å². The first-order valence-corrected chi connectivity index (χ1v) is 18.9. The van der Waals surface area contributed by atoms with Gasteiger partial charge in [-0.25, -0.2) is 0 Å². The average molecular weight is 768 g/mol. The zero-order chi connectivity index (χ0) is 35.2. The molecule has 3 atom stereocenters. The van der Waals surface area contributed by atoms with Crippen molar-refractivity contribution in [1.29, 1.82) is 0 Å². The summed E-state index contributed by atoms with van der Waals surface area (Å²) in [5, 5.41) is 45.4. The van der Waals surface area contributed by atoms with E-state index in [1.165, 1.54) is 50.4 Å². The maximum atomic E-state index is 12.0. The summed E-state index contributed by atoms with van der Waals surface area (Å²) in [6.45, 7) is 9.94. The standard InChI is InChI=1S/C42H58N2O6.BrH/c1-41(2,43-27-39(47)33-15-18-38(46)34(25-33)29-45)26-31-13-16-37(17-14-31)49-24-8-21-44-22-19-32(20-23-44)40(28-44)50-30-42(48,36-11-6-7-12-36)35-9-4-3-5-10-35;/h3-5,9-10,13-18,25,32,36,39-40,43,45,47-48H,6-8,11-12,19-24,26-30H2,1-2H3;1H/t32?,39-,40-,42+,44?;/m0./s1. The number of ether oxygens (including phenoxy) is 2. The minimum absolute atomic E-state index is 0. The van der Waals surface area contributed by atoms with Crippen LogP contribution < -0.4 is 27.0 Å². The van der Waals surface area contributed by atoms with Gasteiger partial charge in [-0.05, 0) is 80.0 Å². The molecule has 1 aliphatic carbocycles. The zero-order valence-electron chi connectivity index (χ0n) is 30.5. The van der Waals surface area contributed by atoms with Crippen LogP contribution in [0.3, 0.4) is 0 Å². The number of fused-ring (bicyclic) bond motifs is 3. The molecule has 9 heteroatoms. The number of hydrogen-bond donors (Lipinski definition) is 5. The highest BCUT2D eigenvalue weighted by molar-refractivity contribution is 5.36. The van der Waals surface area contributed by atoms with Crippen molar-refractivity contribution in [3.05, 3.63) is 95.1 Å². The molecular weight excluding hydrogens is 708 g/mol. The summed E-state index contributed by atoms with van der Waals surface area (Å²) in [7, 11) is 0. The summed E-state index contributed by atoms with van der Waals surface area (Å²) < 4.78 is 14.0. The lowest BCUT2D eigenvalue weighted by atomic mass is 9.80. The van der Waals surface area contributed by atoms with Crippen molar-refractivity contribution in [1.82, 2.24) is 5.32 Å². The van der Waals surface area contributed by atoms with Gasteiger partial charge in [0, 0.05) is 42.8 Å². The Balaban J connectivity index is 0.00000504. The fraction of sp³-hybridized carbons (Fsp3) is 0.571. The minimum Gasteiger partial charge on any atom is -1.00 e. The van der Waals surface area contributed by atoms with Crippen LogP contribution >= 0.6 is 0 Å². The number of piperidine rings is 3. The lowest BCUT2D eigenvalue weighted by Gasteiger charge is -2.53. The highest BCUT2D eigenvalue weighted by Gasteiger charge is 2.48. The van der Waals surface area contributed by atoms with Crippen molar-refractivity contribution >= 4 is 0 Å². The summed E-state index contributed by atoms with van der Waals surface area (Å²) in [6, 6.07) is 23.4. The quantitative estimate of drug-likeness (QED) is 0.106. The molecule has 3 heterocycles. The van der Waals surface area contributed by atoms with Gasteiger partial charge < -0.3 is 56.7 Å². The summed E-state index contributed by atoms with van der Waals surface area (Å²) in [6.07, 6.45) is 8.16. The van der Waals surface area contributed by atoms with Crippen LogP contribution in [0.4, 0.5) is 0 Å². The van der Waals surface area contributed by atoms with E-state index in [1.807, 2.05) is 30.3 Å². The molecule has 4 aliphatic rings. The second-order valence-corrected chi connectivity index (χ2v) is 16.0. The van der Waals surface area contributed by atoms with E-state index in [2.05, 4.69) is 43.4 Å². The number of nitrogens with one attached hydrogen (secondary N) is 1. The maximum absolute atomic E-state index is 12.0. The molecule has 5 N–H and O–H groups in total. The van der Waals surface area contributed by atoms with E-state index in [-0.39, 0.29) is 46.9 Å². The third-order valence-corrected chi connectivity index (χ3v) is 11.9. The summed E-state index contributed by atoms with van der Waals surface area (Å²) >= 11 is 0. The average Bonchev–Trinajstić information content (AvgIpc) is 3.69. The Morgan fingerprint density at radius 1 is 0.941 bits per heavy atom. The third kappa shape index (κ3) is 9.93. The molecule has 0 radical (unpaired) electrons. The molecule has 0 amide bonds. The molecule has 2 bridgehead atoms. The predicted octanol–water partition coefficient (Wildman–Crippen LogP) is 3.01. The second kappa shape index (κ2) is 17.5. The zero-order valence-corrected chi connectivity index (χ0v) is 32.1. The number of hydrogen-bond acceptors (Lipinski definition) is 7. The van der Waals surface area contributed by atoms with Gasteiger partial charge in [0.15, 0.2) is 0 Å². The molecule has 3 saturated heterocycles. The van der Waals surface area contributed by atoms with E-state index < -0.39 is 11.7 Å². The van der Waals surface area contributed by atoms with Crippen LogP contribution in [0.1, 0.15) is 87.2 Å². The SMILES string of the molecule is CC(C)(Cc1ccc(OCCC[N+]23CCC(CC2)[C@@H](OC[C@@](O)(c2ccccc2)C2CCCC2)C3)cc1)NC[C@H](O)c1ccc(O)c(CO)c1.[Br-]. The van der Waals surface area contributed by atoms with Crippen LogP contribution in [0.2, 0.25) is 0 Å². The first-order valence-electron chi connectivity index (χ1n) is 18.9. The molecule has 0 spiro atoms. The monoisotopic (exact) mass is 766 g/mol. The Bertz CT molecular complexity index is 1510. The van der Waals surface area contributed by atoms with Gasteiger partial charge in [-0.15, -0.1) is 0 Å². The lowest BCUT2D eigenvalue weighted by Crippen LogP contribution is -3.00. The molecule has 8 nitrogen and oxygen atoms in total. The minimum atomic E-state index is -0.909. The number of aromatic hydroxyl groups is 1. The third-order valence-electron chi connectivity index (χ3n) is 11.9. The van der Waals surface area contributed by atoms with Gasteiger partial charge in [-0.3, -0.25) is 0 Å². The molecule has 1 saturated carbocycles. The van der Waals surface area contributed by atoms with Crippen molar-refractivity contribution in [2.75, 3.05) is 45.9 Å². The van der Waals surface area contributed by atoms with Crippen LogP contribution in [0.5, 0.6) is 11.5 Å². The highest BCUT2D eigenvalue weighted by Crippen LogP contribution is 2.42. The Kier molecular flexibility index (Phi) is 13.7. The van der Waals surface area contributed by atoms with E-state index in [1.54, 1.807) is 12.1 Å². The summed E-state index contributed by atoms with van der Waals surface area (Å²) in [5.74, 6) is 1.77. The van der Waals surface area contributed by atoms with Crippen molar-refractivity contribution in [3.63, 3.8) is 0 Å². The van der Waals surface area contributed by atoms with Crippen LogP contribution in [0.25, 0.3) is 0 Å². The molecule has 0 unspecified atom stereocenters. The fourth-order valence-corrected chi connectivity index (χ4v) is 8.82. The van der Waals surface area contributed by atoms with Gasteiger partial charge >= 0.3 is 0 Å². The second-order valence-electron chi connectivity index (χ2n) is 16.0. The van der Waals surface area contributed by atoms with E-state index in [9.17, 15) is 20.4 Å². The molecule has 3 aromatic rings. The van der Waals surface area contributed by atoms with E-state index in [4.69, 9.17) is 9.47 Å². The first-order chi connectivity index (χ1) is 24.1. The van der Waals surface area contributed by atoms with Gasteiger partial charge in [0.1, 0.15) is 29.7 Å². The number of benzene rings is 3. The molecule has 4 fully saturated rings. The number of halogens is 1. The van der Waals surface area contributed by atoms with Crippen LogP contribution in [0, 0.1) is 11.8 Å². The summed E-state index contributed by atoms with van der Waals surface area (Å²) in [5.41, 5.74) is 2.09. The molecule has 51 heavy (non-hydrogen) atoms. The Morgan fingerprint density at radius 2 is 1.65 bits per heavy atom. The van der Waals surface area contributed by atoms with E-state index >= 15 is 0 Å². The highest BCUT2D eigenvalue weighted by atomic mass is 79.9. The number of phenols is 1. The van der Waals surface area contributed by atoms with Crippen molar-refractivity contribution in [3.8, 4) is 11.5 Å². The van der Waals surface area contributed by atoms with Gasteiger partial charge in [0.2, 0.25) is 0 Å². The van der Waals surface area contributed by atoms with Crippen molar-refractivity contribution in [2.45, 2.75) is 95.2 Å². The molecule has 3 aliphatic heterocycles. The molecule has 0 aromatic heterocycles. The number of aliphatic hydroxyl groups is 3. The van der Waals surface area contributed by atoms with Gasteiger partial charge in [0.25, 0.3) is 0 Å². The Hall–Kier alpha value is -2.50. The van der Waals surface area contributed by atoms with Crippen molar-refractivity contribution in [2.24, 2.45) is 11.8 Å². The molecule has 280 valence electrons. The summed E-state index contributed by atoms with van der Waals surface area (Å²) in [4.78, 5) is 0. The Labute approximate surface area is 315 Å². The molecule has 7 rings (SSSR count). The number of quaternary nitrogens is 1. The van der Waals surface area contributed by atoms with Gasteiger partial charge in [-0.1, -0.05) is 61.4 Å². The van der Waals surface area contributed by atoms with Crippen molar-refractivity contribution < 1.29 is 51.4 Å². The Morgan fingerprint density at radius 3 is 2.33 bits per heavy atom. The number of β-amino-alcohol motifs (C(OH)–C–C–N with tert-alkyl or cyclic N) is 1. The number of aliphatic hydroxyl groups excluding tert-OH is 2. The maximum Gasteiger partial charge on any atom is 0.121 e. The predicted molar refractivity (Wildman–Crippen MR) is 196 cm³/mol. The number of nitrogens with zero attached hydrogens (tertiary/aromatic N) is 1. The van der Waals surface area contributed by atoms with Gasteiger partial charge in [0.05, 0.1) is 45.6 Å². The largest absolute Gasteiger partial charge is 1.00 e. The number of rotatable bonds is 17. The smallest absolute Gasteiger partial charge is 0.121 e. The van der Waals surface area contributed by atoms with Crippen LogP contribution in [-0.2, 0) is 23.4 Å². The van der Waals surface area contributed by atoms with Crippen LogP contribution in [-0.4, -0.2) is 82.5 Å². The molecular formula is C42H59BrN2O6. The topological polar surface area (TPSA) is 111 Å². The normalized spacial score (nSPS) is 23.8.